The van der Waals surface area contributed by atoms with E-state index < -0.39 is 0 Å². The predicted molar refractivity (Wildman–Crippen MR) is 97.4 cm³/mol. The number of hydrogen-bond donors (Lipinski definition) is 0. The predicted octanol–water partition coefficient (Wildman–Crippen LogP) is 3.98. The van der Waals surface area contributed by atoms with Crippen LogP contribution >= 0.6 is 0 Å². The van der Waals surface area contributed by atoms with Crippen LogP contribution < -0.4 is 4.74 Å². The van der Waals surface area contributed by atoms with Gasteiger partial charge in [0.05, 0.1) is 6.04 Å². The average Bonchev–Trinajstić information content (AvgIpc) is 3.16. The molecule has 1 saturated heterocycles. The second-order valence-electron chi connectivity index (χ2n) is 6.33. The molecule has 0 N–H and O–H groups in total. The number of pyridine rings is 1. The monoisotopic (exact) mass is 332 g/mol. The molecular formula is C21H20N2O2. The number of hydrogen-bond acceptors (Lipinski definition) is 3. The van der Waals surface area contributed by atoms with Crippen molar-refractivity contribution in [3.05, 3.63) is 72.6 Å². The Morgan fingerprint density at radius 3 is 2.84 bits per heavy atom. The number of aromatic nitrogens is 1. The number of amides is 1. The highest BCUT2D eigenvalue weighted by molar-refractivity contribution is 5.84. The number of carbonyl (C=O) groups is 1. The van der Waals surface area contributed by atoms with Gasteiger partial charge in [0.1, 0.15) is 5.75 Å². The molecule has 1 aliphatic heterocycles. The molecule has 1 aliphatic rings. The molecule has 2 aromatic carbocycles. The van der Waals surface area contributed by atoms with Gasteiger partial charge in [-0.3, -0.25) is 9.78 Å². The van der Waals surface area contributed by atoms with E-state index >= 15 is 0 Å². The maximum atomic E-state index is 12.6. The van der Waals surface area contributed by atoms with E-state index in [0.29, 0.717) is 0 Å². The number of ether oxygens (including phenoxy) is 1. The normalized spacial score (nSPS) is 17.0. The van der Waals surface area contributed by atoms with Gasteiger partial charge in [-0.1, -0.05) is 36.4 Å². The van der Waals surface area contributed by atoms with Crippen molar-refractivity contribution in [3.63, 3.8) is 0 Å². The van der Waals surface area contributed by atoms with Gasteiger partial charge in [-0.05, 0) is 47.4 Å². The van der Waals surface area contributed by atoms with Gasteiger partial charge in [-0.25, -0.2) is 0 Å². The molecule has 126 valence electrons. The van der Waals surface area contributed by atoms with Gasteiger partial charge < -0.3 is 9.64 Å². The Kier molecular flexibility index (Phi) is 4.34. The summed E-state index contributed by atoms with van der Waals surface area (Å²) in [6, 6.07) is 18.1. The zero-order valence-electron chi connectivity index (χ0n) is 14.0. The first-order valence-corrected chi connectivity index (χ1v) is 8.62. The Balaban J connectivity index is 1.44. The Morgan fingerprint density at radius 2 is 2.00 bits per heavy atom. The third kappa shape index (κ3) is 3.33. The van der Waals surface area contributed by atoms with Crippen LogP contribution in [0.1, 0.15) is 24.4 Å². The molecule has 0 spiro atoms. The van der Waals surface area contributed by atoms with Crippen LogP contribution in [0.3, 0.4) is 0 Å². The van der Waals surface area contributed by atoms with E-state index in [1.54, 1.807) is 6.20 Å². The van der Waals surface area contributed by atoms with Crippen molar-refractivity contribution < 1.29 is 9.53 Å². The SMILES string of the molecule is O=C(COc1ccc2ccccc2c1)N1CCCC1c1cccnc1. The zero-order valence-corrected chi connectivity index (χ0v) is 14.0. The van der Waals surface area contributed by atoms with Crippen LogP contribution in [0.4, 0.5) is 0 Å². The van der Waals surface area contributed by atoms with Crippen molar-refractivity contribution in [2.75, 3.05) is 13.2 Å². The number of fused-ring (bicyclic) bond motifs is 1. The van der Waals surface area contributed by atoms with E-state index in [2.05, 4.69) is 11.1 Å². The first kappa shape index (κ1) is 15.6. The second-order valence-corrected chi connectivity index (χ2v) is 6.33. The molecule has 25 heavy (non-hydrogen) atoms. The second kappa shape index (κ2) is 6.93. The van der Waals surface area contributed by atoms with Crippen LogP contribution in [0.15, 0.2) is 67.0 Å². The number of nitrogens with zero attached hydrogens (tertiary/aromatic N) is 2. The van der Waals surface area contributed by atoms with Crippen molar-refractivity contribution in [1.29, 1.82) is 0 Å². The minimum absolute atomic E-state index is 0.0273. The smallest absolute Gasteiger partial charge is 0.261 e. The lowest BCUT2D eigenvalue weighted by molar-refractivity contribution is -0.134. The molecular weight excluding hydrogens is 312 g/mol. The summed E-state index contributed by atoms with van der Waals surface area (Å²) < 4.78 is 5.77. The molecule has 0 radical (unpaired) electrons. The Labute approximate surface area is 147 Å². The summed E-state index contributed by atoms with van der Waals surface area (Å²) >= 11 is 0. The minimum Gasteiger partial charge on any atom is -0.484 e. The Bertz CT molecular complexity index is 879. The fraction of sp³-hybridized carbons (Fsp3) is 0.238. The Morgan fingerprint density at radius 1 is 1.12 bits per heavy atom. The van der Waals surface area contributed by atoms with Crippen molar-refractivity contribution in [3.8, 4) is 5.75 Å². The highest BCUT2D eigenvalue weighted by atomic mass is 16.5. The third-order valence-electron chi connectivity index (χ3n) is 4.73. The van der Waals surface area contributed by atoms with Crippen LogP contribution in [-0.2, 0) is 4.79 Å². The van der Waals surface area contributed by atoms with Gasteiger partial charge in [-0.2, -0.15) is 0 Å². The maximum Gasteiger partial charge on any atom is 0.261 e. The van der Waals surface area contributed by atoms with Crippen molar-refractivity contribution in [2.45, 2.75) is 18.9 Å². The number of rotatable bonds is 4. The van der Waals surface area contributed by atoms with Gasteiger partial charge in [0.15, 0.2) is 6.61 Å². The molecule has 3 aromatic rings. The van der Waals surface area contributed by atoms with Gasteiger partial charge in [0.2, 0.25) is 0 Å². The molecule has 1 fully saturated rings. The topological polar surface area (TPSA) is 42.4 Å². The van der Waals surface area contributed by atoms with Gasteiger partial charge in [0.25, 0.3) is 5.91 Å². The highest BCUT2D eigenvalue weighted by Crippen LogP contribution is 2.31. The lowest BCUT2D eigenvalue weighted by Gasteiger charge is -2.24. The summed E-state index contributed by atoms with van der Waals surface area (Å²) in [7, 11) is 0. The van der Waals surface area contributed by atoms with Crippen molar-refractivity contribution in [2.24, 2.45) is 0 Å². The van der Waals surface area contributed by atoms with E-state index in [1.165, 1.54) is 0 Å². The van der Waals surface area contributed by atoms with Crippen molar-refractivity contribution >= 4 is 16.7 Å². The standard InChI is InChI=1S/C21H20N2O2/c24-21(23-12-4-8-20(23)18-7-3-11-22-14-18)15-25-19-10-9-16-5-1-2-6-17(16)13-19/h1-3,5-7,9-11,13-14,20H,4,8,12,15H2. The minimum atomic E-state index is 0.0273. The van der Waals surface area contributed by atoms with Crippen LogP contribution in [-0.4, -0.2) is 28.9 Å². The molecule has 0 saturated carbocycles. The molecule has 1 unspecified atom stereocenters. The lowest BCUT2D eigenvalue weighted by Crippen LogP contribution is -2.34. The number of likely N-dealkylation sites (tertiary alicyclic amines) is 1. The first-order chi connectivity index (χ1) is 12.3. The average molecular weight is 332 g/mol. The van der Waals surface area contributed by atoms with Crippen LogP contribution in [0.2, 0.25) is 0 Å². The summed E-state index contributed by atoms with van der Waals surface area (Å²) in [6.07, 6.45) is 5.60. The fourth-order valence-corrected chi connectivity index (χ4v) is 3.47. The molecule has 1 aromatic heterocycles. The highest BCUT2D eigenvalue weighted by Gasteiger charge is 2.30. The first-order valence-electron chi connectivity index (χ1n) is 8.62. The summed E-state index contributed by atoms with van der Waals surface area (Å²) in [5.74, 6) is 0.753. The van der Waals surface area contributed by atoms with E-state index in [0.717, 1.165) is 41.5 Å². The van der Waals surface area contributed by atoms with E-state index in [1.807, 2.05) is 59.6 Å². The van der Waals surface area contributed by atoms with Crippen LogP contribution in [0, 0.1) is 0 Å². The van der Waals surface area contributed by atoms with Gasteiger partial charge in [0, 0.05) is 18.9 Å². The molecule has 4 rings (SSSR count). The van der Waals surface area contributed by atoms with E-state index in [9.17, 15) is 4.79 Å². The molecule has 0 bridgehead atoms. The van der Waals surface area contributed by atoms with Gasteiger partial charge >= 0.3 is 0 Å². The summed E-state index contributed by atoms with van der Waals surface area (Å²) in [4.78, 5) is 18.7. The van der Waals surface area contributed by atoms with E-state index in [-0.39, 0.29) is 18.6 Å². The van der Waals surface area contributed by atoms with Gasteiger partial charge in [-0.15, -0.1) is 0 Å². The van der Waals surface area contributed by atoms with Crippen molar-refractivity contribution in [1.82, 2.24) is 9.88 Å². The van der Waals surface area contributed by atoms with Crippen LogP contribution in [0.5, 0.6) is 5.75 Å². The maximum absolute atomic E-state index is 12.6. The van der Waals surface area contributed by atoms with Crippen LogP contribution in [0.25, 0.3) is 10.8 Å². The molecule has 4 nitrogen and oxygen atoms in total. The molecule has 2 heterocycles. The molecule has 0 aliphatic carbocycles. The fourth-order valence-electron chi connectivity index (χ4n) is 3.47. The Hall–Kier alpha value is -2.88. The summed E-state index contributed by atoms with van der Waals surface area (Å²) in [5, 5.41) is 2.28. The zero-order chi connectivity index (χ0) is 17.1. The molecule has 1 atom stereocenters. The largest absolute Gasteiger partial charge is 0.484 e. The number of benzene rings is 2. The molecule has 1 amide bonds. The quantitative estimate of drug-likeness (QED) is 0.726. The summed E-state index contributed by atoms with van der Waals surface area (Å²) in [6.45, 7) is 0.842. The number of carbonyl (C=O) groups excluding carboxylic acids is 1. The lowest BCUT2D eigenvalue weighted by atomic mass is 10.1. The third-order valence-corrected chi connectivity index (χ3v) is 4.73. The summed E-state index contributed by atoms with van der Waals surface area (Å²) in [5.41, 5.74) is 1.10. The van der Waals surface area contributed by atoms with E-state index in [4.69, 9.17) is 4.74 Å². The molecule has 4 heteroatoms.